The van der Waals surface area contributed by atoms with E-state index in [-0.39, 0.29) is 5.60 Å². The second kappa shape index (κ2) is 6.23. The first-order valence-electron chi connectivity index (χ1n) is 5.62. The normalized spacial score (nSPS) is 15.4. The average Bonchev–Trinajstić information content (AvgIpc) is 1.99. The quantitative estimate of drug-likeness (QED) is 0.606. The van der Waals surface area contributed by atoms with E-state index in [4.69, 9.17) is 4.74 Å². The van der Waals surface area contributed by atoms with Crippen LogP contribution in [0.15, 0.2) is 12.2 Å². The van der Waals surface area contributed by atoms with Crippen LogP contribution in [0.25, 0.3) is 0 Å². The zero-order chi connectivity index (χ0) is 11.2. The Hall–Kier alpha value is -0.300. The van der Waals surface area contributed by atoms with Gasteiger partial charge in [-0.3, -0.25) is 0 Å². The molecule has 0 bridgehead atoms. The minimum Gasteiger partial charge on any atom is -0.376 e. The summed E-state index contributed by atoms with van der Waals surface area (Å²) in [6, 6.07) is 0. The maximum absolute atomic E-state index is 5.71. The molecule has 0 N–H and O–H groups in total. The zero-order valence-corrected chi connectivity index (χ0v) is 10.6. The Balaban J connectivity index is 3.61. The minimum atomic E-state index is -0.00395. The summed E-state index contributed by atoms with van der Waals surface area (Å²) < 4.78 is 5.71. The summed E-state index contributed by atoms with van der Waals surface area (Å²) >= 11 is 0. The Morgan fingerprint density at radius 2 is 1.71 bits per heavy atom. The molecule has 0 spiro atoms. The van der Waals surface area contributed by atoms with Gasteiger partial charge in [-0.05, 0) is 39.0 Å². The van der Waals surface area contributed by atoms with Crippen LogP contribution < -0.4 is 0 Å². The van der Waals surface area contributed by atoms with Gasteiger partial charge in [0.25, 0.3) is 0 Å². The lowest BCUT2D eigenvalue weighted by Gasteiger charge is -2.22. The third kappa shape index (κ3) is 9.79. The summed E-state index contributed by atoms with van der Waals surface area (Å²) in [5, 5.41) is 0. The fraction of sp³-hybridized carbons (Fsp3) is 0.846. The topological polar surface area (TPSA) is 9.23 Å². The van der Waals surface area contributed by atoms with Crippen LogP contribution in [-0.2, 0) is 4.74 Å². The molecule has 0 amide bonds. The van der Waals surface area contributed by atoms with Gasteiger partial charge in [0, 0.05) is 0 Å². The van der Waals surface area contributed by atoms with E-state index < -0.39 is 0 Å². The molecule has 14 heavy (non-hydrogen) atoms. The summed E-state index contributed by atoms with van der Waals surface area (Å²) in [4.78, 5) is 0. The monoisotopic (exact) mass is 198 g/mol. The van der Waals surface area contributed by atoms with Crippen molar-refractivity contribution in [3.63, 3.8) is 0 Å². The van der Waals surface area contributed by atoms with E-state index in [0.717, 1.165) is 13.0 Å². The lowest BCUT2D eigenvalue weighted by Crippen LogP contribution is -2.22. The molecule has 0 aliphatic heterocycles. The maximum Gasteiger partial charge on any atom is 0.0598 e. The van der Waals surface area contributed by atoms with Crippen LogP contribution in [0, 0.1) is 11.8 Å². The van der Waals surface area contributed by atoms with E-state index in [1.807, 2.05) is 0 Å². The highest BCUT2D eigenvalue weighted by molar-refractivity contribution is 4.85. The van der Waals surface area contributed by atoms with E-state index in [1.165, 1.54) is 0 Å². The molecular formula is C13H26O. The van der Waals surface area contributed by atoms with Crippen molar-refractivity contribution in [2.24, 2.45) is 11.8 Å². The molecule has 0 rings (SSSR count). The van der Waals surface area contributed by atoms with Gasteiger partial charge in [0.1, 0.15) is 0 Å². The van der Waals surface area contributed by atoms with Crippen molar-refractivity contribution in [2.75, 3.05) is 6.61 Å². The summed E-state index contributed by atoms with van der Waals surface area (Å²) in [7, 11) is 0. The van der Waals surface area contributed by atoms with Gasteiger partial charge in [-0.2, -0.15) is 0 Å². The molecule has 0 fully saturated rings. The third-order valence-electron chi connectivity index (χ3n) is 1.86. The Morgan fingerprint density at radius 1 is 1.14 bits per heavy atom. The van der Waals surface area contributed by atoms with Crippen molar-refractivity contribution in [3.05, 3.63) is 12.2 Å². The molecule has 0 aromatic carbocycles. The van der Waals surface area contributed by atoms with Gasteiger partial charge in [0.15, 0.2) is 0 Å². The van der Waals surface area contributed by atoms with Gasteiger partial charge >= 0.3 is 0 Å². The van der Waals surface area contributed by atoms with Crippen molar-refractivity contribution in [3.8, 4) is 0 Å². The first-order valence-corrected chi connectivity index (χ1v) is 5.62. The molecule has 84 valence electrons. The highest BCUT2D eigenvalue weighted by atomic mass is 16.5. The Kier molecular flexibility index (Phi) is 6.10. The molecule has 0 aromatic rings. The highest BCUT2D eigenvalue weighted by Crippen LogP contribution is 2.12. The van der Waals surface area contributed by atoms with Crippen LogP contribution in [0.4, 0.5) is 0 Å². The molecule has 0 aliphatic rings. The van der Waals surface area contributed by atoms with Crippen LogP contribution >= 0.6 is 0 Å². The zero-order valence-electron chi connectivity index (χ0n) is 10.6. The first kappa shape index (κ1) is 13.7. The number of allylic oxidation sites excluding steroid dienone is 2. The molecule has 0 radical (unpaired) electrons. The van der Waals surface area contributed by atoms with E-state index in [0.29, 0.717) is 11.8 Å². The van der Waals surface area contributed by atoms with Gasteiger partial charge < -0.3 is 4.74 Å². The van der Waals surface area contributed by atoms with E-state index in [9.17, 15) is 0 Å². The third-order valence-corrected chi connectivity index (χ3v) is 1.86. The molecule has 1 atom stereocenters. The Labute approximate surface area is 89.5 Å². The van der Waals surface area contributed by atoms with Crippen molar-refractivity contribution >= 4 is 0 Å². The van der Waals surface area contributed by atoms with Crippen LogP contribution in [0.2, 0.25) is 0 Å². The van der Waals surface area contributed by atoms with Gasteiger partial charge in [0.05, 0.1) is 12.2 Å². The molecule has 1 heteroatoms. The van der Waals surface area contributed by atoms with Crippen molar-refractivity contribution in [1.82, 2.24) is 0 Å². The van der Waals surface area contributed by atoms with E-state index >= 15 is 0 Å². The minimum absolute atomic E-state index is 0.00395. The summed E-state index contributed by atoms with van der Waals surface area (Å²) in [5.41, 5.74) is -0.00395. The number of hydrogen-bond donors (Lipinski definition) is 0. The van der Waals surface area contributed by atoms with Crippen LogP contribution in [0.1, 0.15) is 48.0 Å². The van der Waals surface area contributed by atoms with Crippen molar-refractivity contribution in [2.45, 2.75) is 53.6 Å². The van der Waals surface area contributed by atoms with E-state index in [1.54, 1.807) is 0 Å². The molecular weight excluding hydrogens is 172 g/mol. The first-order chi connectivity index (χ1) is 6.31. The molecule has 0 unspecified atom stereocenters. The summed E-state index contributed by atoms with van der Waals surface area (Å²) in [6.45, 7) is 13.8. The van der Waals surface area contributed by atoms with Gasteiger partial charge in [-0.1, -0.05) is 32.9 Å². The number of hydrogen-bond acceptors (Lipinski definition) is 1. The number of rotatable bonds is 5. The maximum atomic E-state index is 5.71. The highest BCUT2D eigenvalue weighted by Gasteiger charge is 2.11. The van der Waals surface area contributed by atoms with Crippen LogP contribution in [0.3, 0.4) is 0 Å². The second-order valence-electron chi connectivity index (χ2n) is 5.44. The summed E-state index contributed by atoms with van der Waals surface area (Å²) in [6.07, 6.45) is 5.64. The van der Waals surface area contributed by atoms with Gasteiger partial charge in [0.2, 0.25) is 0 Å². The predicted molar refractivity (Wildman–Crippen MR) is 63.5 cm³/mol. The molecule has 1 nitrogen and oxygen atoms in total. The molecule has 0 aromatic heterocycles. The lowest BCUT2D eigenvalue weighted by molar-refractivity contribution is -0.0189. The predicted octanol–water partition coefficient (Wildman–Crippen LogP) is 4.04. The standard InChI is InChI=1S/C13H26O/c1-11(2)8-7-9-12(3)10-14-13(4,5)6/h7-8,11-12H,9-10H2,1-6H3/b8-7+/t12-/m1/s1. The largest absolute Gasteiger partial charge is 0.376 e. The average molecular weight is 198 g/mol. The second-order valence-corrected chi connectivity index (χ2v) is 5.44. The van der Waals surface area contributed by atoms with Crippen LogP contribution in [-0.4, -0.2) is 12.2 Å². The van der Waals surface area contributed by atoms with E-state index in [2.05, 4.69) is 53.7 Å². The molecule has 0 heterocycles. The lowest BCUT2D eigenvalue weighted by atomic mass is 10.1. The smallest absolute Gasteiger partial charge is 0.0598 e. The summed E-state index contributed by atoms with van der Waals surface area (Å²) in [5.74, 6) is 1.27. The van der Waals surface area contributed by atoms with Crippen molar-refractivity contribution < 1.29 is 4.74 Å². The molecule has 0 saturated carbocycles. The van der Waals surface area contributed by atoms with Crippen molar-refractivity contribution in [1.29, 1.82) is 0 Å². The fourth-order valence-corrected chi connectivity index (χ4v) is 1.04. The molecule has 0 saturated heterocycles. The molecule has 0 aliphatic carbocycles. The Bertz CT molecular complexity index is 163. The Morgan fingerprint density at radius 3 is 2.14 bits per heavy atom. The van der Waals surface area contributed by atoms with Crippen LogP contribution in [0.5, 0.6) is 0 Å². The fourth-order valence-electron chi connectivity index (χ4n) is 1.04. The van der Waals surface area contributed by atoms with Gasteiger partial charge in [-0.25, -0.2) is 0 Å². The number of ether oxygens (including phenoxy) is 1. The van der Waals surface area contributed by atoms with Gasteiger partial charge in [-0.15, -0.1) is 0 Å². The SMILES string of the molecule is CC(C)/C=C/C[C@@H](C)COC(C)(C)C.